The molecule has 0 bridgehead atoms. The van der Waals surface area contributed by atoms with Crippen LogP contribution in [0.1, 0.15) is 20.3 Å². The number of hydrogen-bond acceptors (Lipinski definition) is 3. The largest absolute Gasteiger partial charge is 0.393 e. The predicted molar refractivity (Wildman–Crippen MR) is 80.8 cm³/mol. The van der Waals surface area contributed by atoms with Gasteiger partial charge < -0.3 is 10.6 Å². The van der Waals surface area contributed by atoms with Gasteiger partial charge in [-0.2, -0.15) is 0 Å². The van der Waals surface area contributed by atoms with Crippen molar-refractivity contribution >= 4 is 50.6 Å². The Hall–Kier alpha value is -0.390. The number of thiocarbonyl (C=S) groups is 1. The van der Waals surface area contributed by atoms with E-state index in [4.69, 9.17) is 29.6 Å². The maximum absolute atomic E-state index is 5.88. The number of anilines is 1. The van der Waals surface area contributed by atoms with Crippen LogP contribution in [0.4, 0.5) is 5.82 Å². The summed E-state index contributed by atoms with van der Waals surface area (Å²) in [4.78, 5) is 6.99. The fourth-order valence-corrected chi connectivity index (χ4v) is 2.42. The second-order valence-electron chi connectivity index (χ2n) is 3.96. The third kappa shape index (κ3) is 4.41. The van der Waals surface area contributed by atoms with Gasteiger partial charge in [0.15, 0.2) is 0 Å². The average Bonchev–Trinajstić information content (AvgIpc) is 2.20. The van der Waals surface area contributed by atoms with Crippen molar-refractivity contribution in [3.05, 3.63) is 21.8 Å². The number of aromatic nitrogens is 1. The maximum atomic E-state index is 5.88. The molecular formula is C11H15BrClN3S. The first kappa shape index (κ1) is 14.7. The smallest absolute Gasteiger partial charge is 0.143 e. The van der Waals surface area contributed by atoms with Crippen molar-refractivity contribution in [1.82, 2.24) is 4.98 Å². The molecule has 0 aliphatic rings. The molecule has 0 amide bonds. The van der Waals surface area contributed by atoms with Gasteiger partial charge >= 0.3 is 0 Å². The lowest BCUT2D eigenvalue weighted by atomic mass is 10.2. The summed E-state index contributed by atoms with van der Waals surface area (Å²) in [6.07, 6.45) is 2.31. The Morgan fingerprint density at radius 1 is 1.65 bits per heavy atom. The van der Waals surface area contributed by atoms with Crippen molar-refractivity contribution in [2.24, 2.45) is 5.73 Å². The highest BCUT2D eigenvalue weighted by atomic mass is 79.9. The van der Waals surface area contributed by atoms with Gasteiger partial charge in [-0.05, 0) is 35.8 Å². The monoisotopic (exact) mass is 335 g/mol. The molecule has 0 atom stereocenters. The molecule has 3 nitrogen and oxygen atoms in total. The fourth-order valence-electron chi connectivity index (χ4n) is 1.46. The molecule has 0 saturated carbocycles. The Kier molecular flexibility index (Phi) is 5.62. The molecule has 17 heavy (non-hydrogen) atoms. The molecule has 1 aromatic rings. The second-order valence-corrected chi connectivity index (χ2v) is 5.78. The number of nitrogens with zero attached hydrogens (tertiary/aromatic N) is 2. The van der Waals surface area contributed by atoms with Crippen molar-refractivity contribution in [1.29, 1.82) is 0 Å². The standard InChI is InChI=1S/C11H15BrClN3S/c1-7(2)16(4-3-10(14)17)11-9(12)5-8(13)6-15-11/h5-7H,3-4H2,1-2H3,(H2,14,17). The molecule has 6 heteroatoms. The van der Waals surface area contributed by atoms with Crippen molar-refractivity contribution in [3.63, 3.8) is 0 Å². The summed E-state index contributed by atoms with van der Waals surface area (Å²) >= 11 is 14.2. The van der Waals surface area contributed by atoms with Gasteiger partial charge in [-0.3, -0.25) is 0 Å². The maximum Gasteiger partial charge on any atom is 0.143 e. The van der Waals surface area contributed by atoms with Crippen LogP contribution in [-0.4, -0.2) is 22.6 Å². The Bertz CT molecular complexity index is 412. The summed E-state index contributed by atoms with van der Waals surface area (Å²) in [5.74, 6) is 0.862. The van der Waals surface area contributed by atoms with Gasteiger partial charge in [-0.25, -0.2) is 4.98 Å². The third-order valence-corrected chi connectivity index (χ3v) is 3.28. The molecule has 1 heterocycles. The minimum absolute atomic E-state index is 0.314. The Labute approximate surface area is 120 Å². The van der Waals surface area contributed by atoms with Crippen LogP contribution in [0.25, 0.3) is 0 Å². The van der Waals surface area contributed by atoms with E-state index in [1.165, 1.54) is 0 Å². The third-order valence-electron chi connectivity index (χ3n) is 2.28. The quantitative estimate of drug-likeness (QED) is 0.837. The van der Waals surface area contributed by atoms with Crippen LogP contribution in [0.2, 0.25) is 5.02 Å². The van der Waals surface area contributed by atoms with Gasteiger partial charge in [0.05, 0.1) is 14.5 Å². The summed E-state index contributed by atoms with van der Waals surface area (Å²) in [5.41, 5.74) is 5.53. The van der Waals surface area contributed by atoms with E-state index in [1.807, 2.05) is 6.07 Å². The number of pyridine rings is 1. The summed E-state index contributed by atoms with van der Waals surface area (Å²) in [5, 5.41) is 0.610. The molecule has 0 radical (unpaired) electrons. The summed E-state index contributed by atoms with van der Waals surface area (Å²) < 4.78 is 0.877. The Morgan fingerprint density at radius 3 is 2.76 bits per heavy atom. The van der Waals surface area contributed by atoms with Crippen molar-refractivity contribution in [3.8, 4) is 0 Å². The SMILES string of the molecule is CC(C)N(CCC(N)=S)c1ncc(Cl)cc1Br. The minimum atomic E-state index is 0.314. The predicted octanol–water partition coefficient (Wildman–Crippen LogP) is 3.39. The molecule has 0 unspecified atom stereocenters. The van der Waals surface area contributed by atoms with Crippen LogP contribution in [-0.2, 0) is 0 Å². The van der Waals surface area contributed by atoms with Crippen molar-refractivity contribution in [2.45, 2.75) is 26.3 Å². The molecule has 0 aliphatic carbocycles. The molecule has 1 aromatic heterocycles. The Balaban J connectivity index is 2.93. The van der Waals surface area contributed by atoms with Gasteiger partial charge in [0.2, 0.25) is 0 Å². The highest BCUT2D eigenvalue weighted by Crippen LogP contribution is 2.27. The molecule has 94 valence electrons. The van der Waals surface area contributed by atoms with Crippen LogP contribution >= 0.6 is 39.7 Å². The topological polar surface area (TPSA) is 42.1 Å². The molecule has 0 fully saturated rings. The van der Waals surface area contributed by atoms with Gasteiger partial charge in [-0.1, -0.05) is 23.8 Å². The van der Waals surface area contributed by atoms with E-state index in [0.29, 0.717) is 22.5 Å². The lowest BCUT2D eigenvalue weighted by Crippen LogP contribution is -2.34. The highest BCUT2D eigenvalue weighted by molar-refractivity contribution is 9.10. The lowest BCUT2D eigenvalue weighted by Gasteiger charge is -2.28. The molecule has 1 rings (SSSR count). The van der Waals surface area contributed by atoms with Crippen molar-refractivity contribution in [2.75, 3.05) is 11.4 Å². The van der Waals surface area contributed by atoms with Crippen molar-refractivity contribution < 1.29 is 0 Å². The van der Waals surface area contributed by atoms with E-state index in [0.717, 1.165) is 16.8 Å². The van der Waals surface area contributed by atoms with Gasteiger partial charge in [0, 0.05) is 25.2 Å². The Morgan fingerprint density at radius 2 is 2.29 bits per heavy atom. The molecular weight excluding hydrogens is 322 g/mol. The zero-order valence-electron chi connectivity index (χ0n) is 9.78. The molecule has 0 aliphatic heterocycles. The zero-order chi connectivity index (χ0) is 13.0. The van der Waals surface area contributed by atoms with Crippen LogP contribution < -0.4 is 10.6 Å². The first-order chi connectivity index (χ1) is 7.91. The lowest BCUT2D eigenvalue weighted by molar-refractivity contribution is 0.679. The van der Waals surface area contributed by atoms with Gasteiger partial charge in [0.25, 0.3) is 0 Å². The second kappa shape index (κ2) is 6.52. The first-order valence-corrected chi connectivity index (χ1v) is 6.85. The van der Waals surface area contributed by atoms with E-state index in [1.54, 1.807) is 6.20 Å². The van der Waals surface area contributed by atoms with Gasteiger partial charge in [0.1, 0.15) is 5.82 Å². The number of nitrogens with two attached hydrogens (primary N) is 1. The van der Waals surface area contributed by atoms with Crippen LogP contribution in [0.15, 0.2) is 16.7 Å². The molecule has 2 N–H and O–H groups in total. The summed E-state index contributed by atoms with van der Waals surface area (Å²) in [7, 11) is 0. The van der Waals surface area contributed by atoms with Crippen LogP contribution in [0.3, 0.4) is 0 Å². The zero-order valence-corrected chi connectivity index (χ0v) is 12.9. The summed E-state index contributed by atoms with van der Waals surface area (Å²) in [6, 6.07) is 2.15. The number of rotatable bonds is 5. The first-order valence-electron chi connectivity index (χ1n) is 5.27. The number of halogens is 2. The normalized spacial score (nSPS) is 10.6. The molecule has 0 aromatic carbocycles. The minimum Gasteiger partial charge on any atom is -0.393 e. The highest BCUT2D eigenvalue weighted by Gasteiger charge is 2.15. The molecule has 0 saturated heterocycles. The molecule has 0 spiro atoms. The van der Waals surface area contributed by atoms with E-state index >= 15 is 0 Å². The van der Waals surface area contributed by atoms with Crippen LogP contribution in [0.5, 0.6) is 0 Å². The number of hydrogen-bond donors (Lipinski definition) is 1. The summed E-state index contributed by atoms with van der Waals surface area (Å²) in [6.45, 7) is 4.95. The fraction of sp³-hybridized carbons (Fsp3) is 0.455. The van der Waals surface area contributed by atoms with E-state index in [-0.39, 0.29) is 0 Å². The van der Waals surface area contributed by atoms with E-state index in [9.17, 15) is 0 Å². The van der Waals surface area contributed by atoms with E-state index in [2.05, 4.69) is 39.7 Å². The van der Waals surface area contributed by atoms with E-state index < -0.39 is 0 Å². The van der Waals surface area contributed by atoms with Gasteiger partial charge in [-0.15, -0.1) is 0 Å². The average molecular weight is 337 g/mol. The van der Waals surface area contributed by atoms with Crippen LogP contribution in [0, 0.1) is 0 Å².